The molecule has 13 nitrogen and oxygen atoms in total. The molecule has 1 saturated heterocycles. The number of nitrogens with zero attached hydrogens (tertiary/aromatic N) is 1. The maximum atomic E-state index is 13.4. The Morgan fingerprint density at radius 2 is 1.84 bits per heavy atom. The van der Waals surface area contributed by atoms with Crippen LogP contribution in [0.25, 0.3) is 0 Å². The number of amides is 1. The lowest BCUT2D eigenvalue weighted by molar-refractivity contribution is -0.176. The zero-order valence-corrected chi connectivity index (χ0v) is 24.8. The van der Waals surface area contributed by atoms with E-state index in [4.69, 9.17) is 40.0 Å². The number of carbonyl (C=O) groups excluding carboxylic acids is 5. The molecule has 14 heteroatoms. The zero-order valence-electron chi connectivity index (χ0n) is 24.1. The number of ether oxygens (including phenoxy) is 6. The Morgan fingerprint density at radius 1 is 1.12 bits per heavy atom. The molecule has 0 aliphatic carbocycles. The van der Waals surface area contributed by atoms with Crippen LogP contribution in [-0.2, 0) is 39.8 Å². The SMILES string of the molecule is COc1ccnc(C(=O)NC2COC(=O)C(Cc3ccccc3)C(OC(=O)C(C)C)C(C)OC2=O)c1OC(=O)OCCCl. The summed E-state index contributed by atoms with van der Waals surface area (Å²) in [5.74, 6) is -5.25. The molecule has 3 rings (SSSR count). The first-order chi connectivity index (χ1) is 20.5. The number of rotatable bonds is 10. The third-order valence-electron chi connectivity index (χ3n) is 6.25. The fourth-order valence-electron chi connectivity index (χ4n) is 4.06. The number of pyridine rings is 1. The second-order valence-corrected chi connectivity index (χ2v) is 10.1. The smallest absolute Gasteiger partial charge is 0.493 e. The Labute approximate surface area is 253 Å². The van der Waals surface area contributed by atoms with E-state index < -0.39 is 72.4 Å². The molecule has 0 radical (unpaired) electrons. The second kappa shape index (κ2) is 15.7. The molecule has 1 aliphatic heterocycles. The minimum absolute atomic E-state index is 0.0112. The number of alkyl halides is 1. The van der Waals surface area contributed by atoms with Crippen molar-refractivity contribution in [2.24, 2.45) is 11.8 Å². The number of aromatic nitrogens is 1. The maximum Gasteiger partial charge on any atom is 0.514 e. The van der Waals surface area contributed by atoms with Gasteiger partial charge >= 0.3 is 24.1 Å². The summed E-state index contributed by atoms with van der Waals surface area (Å²) >= 11 is 5.53. The van der Waals surface area contributed by atoms with Gasteiger partial charge in [-0.15, -0.1) is 11.6 Å². The van der Waals surface area contributed by atoms with Gasteiger partial charge in [0.1, 0.15) is 25.2 Å². The first-order valence-corrected chi connectivity index (χ1v) is 13.9. The molecule has 0 spiro atoms. The van der Waals surface area contributed by atoms with Crippen molar-refractivity contribution in [1.29, 1.82) is 0 Å². The van der Waals surface area contributed by atoms with Crippen LogP contribution in [0.5, 0.6) is 11.5 Å². The topological polar surface area (TPSA) is 166 Å². The van der Waals surface area contributed by atoms with Crippen LogP contribution >= 0.6 is 11.6 Å². The van der Waals surface area contributed by atoms with Gasteiger partial charge in [-0.25, -0.2) is 14.6 Å². The quantitative estimate of drug-likeness (QED) is 0.235. The van der Waals surface area contributed by atoms with Crippen LogP contribution in [-0.4, -0.2) is 79.4 Å². The summed E-state index contributed by atoms with van der Waals surface area (Å²) < 4.78 is 31.8. The monoisotopic (exact) mass is 620 g/mol. The highest BCUT2D eigenvalue weighted by Gasteiger charge is 2.42. The van der Waals surface area contributed by atoms with Crippen molar-refractivity contribution in [1.82, 2.24) is 10.3 Å². The highest BCUT2D eigenvalue weighted by Crippen LogP contribution is 2.30. The predicted octanol–water partition coefficient (Wildman–Crippen LogP) is 2.86. The van der Waals surface area contributed by atoms with Gasteiger partial charge < -0.3 is 33.7 Å². The molecule has 1 amide bonds. The Bertz CT molecular complexity index is 1300. The number of cyclic esters (lactones) is 2. The van der Waals surface area contributed by atoms with Crippen LogP contribution in [0.15, 0.2) is 42.6 Å². The van der Waals surface area contributed by atoms with Gasteiger partial charge in [0.2, 0.25) is 5.75 Å². The second-order valence-electron chi connectivity index (χ2n) is 9.73. The minimum atomic E-state index is -1.50. The lowest BCUT2D eigenvalue weighted by atomic mass is 9.91. The summed E-state index contributed by atoms with van der Waals surface area (Å²) in [6.07, 6.45) is -2.10. The molecule has 2 heterocycles. The number of nitrogens with one attached hydrogen (secondary N) is 1. The normalized spacial score (nSPS) is 20.4. The highest BCUT2D eigenvalue weighted by atomic mass is 35.5. The molecule has 4 atom stereocenters. The molecule has 0 saturated carbocycles. The molecule has 2 aromatic rings. The molecule has 1 aromatic carbocycles. The van der Waals surface area contributed by atoms with Crippen molar-refractivity contribution in [3.8, 4) is 11.5 Å². The highest BCUT2D eigenvalue weighted by molar-refractivity contribution is 6.18. The molecule has 4 unspecified atom stereocenters. The van der Waals surface area contributed by atoms with Crippen molar-refractivity contribution in [2.45, 2.75) is 45.4 Å². The maximum absolute atomic E-state index is 13.4. The summed E-state index contributed by atoms with van der Waals surface area (Å²) in [6.45, 7) is 3.98. The molecule has 1 aromatic heterocycles. The summed E-state index contributed by atoms with van der Waals surface area (Å²) in [4.78, 5) is 68.5. The fourth-order valence-corrected chi connectivity index (χ4v) is 4.14. The van der Waals surface area contributed by atoms with Gasteiger partial charge in [0.25, 0.3) is 5.91 Å². The third kappa shape index (κ3) is 9.05. The molecule has 43 heavy (non-hydrogen) atoms. The number of methoxy groups -OCH3 is 1. The van der Waals surface area contributed by atoms with Crippen LogP contribution in [0, 0.1) is 11.8 Å². The fraction of sp³-hybridized carbons (Fsp3) is 0.448. The molecule has 232 valence electrons. The zero-order chi connectivity index (χ0) is 31.5. The lowest BCUT2D eigenvalue weighted by Gasteiger charge is -2.29. The van der Waals surface area contributed by atoms with E-state index in [0.29, 0.717) is 0 Å². The van der Waals surface area contributed by atoms with Crippen LogP contribution in [0.3, 0.4) is 0 Å². The first-order valence-electron chi connectivity index (χ1n) is 13.4. The minimum Gasteiger partial charge on any atom is -0.493 e. The van der Waals surface area contributed by atoms with Crippen LogP contribution in [0.1, 0.15) is 36.8 Å². The van der Waals surface area contributed by atoms with E-state index in [9.17, 15) is 24.0 Å². The first kappa shape index (κ1) is 33.1. The van der Waals surface area contributed by atoms with E-state index in [0.717, 1.165) is 5.56 Å². The third-order valence-corrected chi connectivity index (χ3v) is 6.41. The van der Waals surface area contributed by atoms with Gasteiger partial charge in [-0.05, 0) is 18.9 Å². The molecular formula is C29H33ClN2O11. The van der Waals surface area contributed by atoms with Gasteiger partial charge in [-0.2, -0.15) is 0 Å². The Balaban J connectivity index is 1.88. The van der Waals surface area contributed by atoms with Crippen LogP contribution in [0.4, 0.5) is 4.79 Å². The van der Waals surface area contributed by atoms with Crippen molar-refractivity contribution < 1.29 is 52.4 Å². The van der Waals surface area contributed by atoms with Crippen LogP contribution in [0.2, 0.25) is 0 Å². The Kier molecular flexibility index (Phi) is 12.1. The van der Waals surface area contributed by atoms with Gasteiger partial charge in [0.05, 0.1) is 18.9 Å². The number of esters is 3. The molecule has 1 fully saturated rings. The van der Waals surface area contributed by atoms with Gasteiger partial charge in [0.15, 0.2) is 23.6 Å². The summed E-state index contributed by atoms with van der Waals surface area (Å²) in [7, 11) is 1.28. The standard InChI is InChI=1S/C29H33ClN2O11/c1-16(2)26(34)42-23-17(3)41-28(36)20(15-40-27(35)19(23)14-18-8-6-5-7-9-18)32-25(33)22-24(21(38-4)10-12-31-22)43-29(37)39-13-11-30/h5-10,12,16-17,19-20,23H,11,13-15H2,1-4H3,(H,32,33). The van der Waals surface area contributed by atoms with Crippen LogP contribution < -0.4 is 14.8 Å². The van der Waals surface area contributed by atoms with Crippen molar-refractivity contribution in [3.63, 3.8) is 0 Å². The number of carbonyl (C=O) groups is 5. The summed E-state index contributed by atoms with van der Waals surface area (Å²) in [5.41, 5.74) is 0.332. The van der Waals surface area contributed by atoms with E-state index in [1.165, 1.54) is 26.3 Å². The van der Waals surface area contributed by atoms with E-state index in [1.807, 2.05) is 6.07 Å². The van der Waals surface area contributed by atoms with Crippen molar-refractivity contribution >= 4 is 41.6 Å². The molecule has 1 aliphatic rings. The van der Waals surface area contributed by atoms with E-state index in [1.54, 1.807) is 38.1 Å². The van der Waals surface area contributed by atoms with Crippen molar-refractivity contribution in [2.75, 3.05) is 26.2 Å². The largest absolute Gasteiger partial charge is 0.514 e. The van der Waals surface area contributed by atoms with E-state index >= 15 is 0 Å². The number of halogens is 1. The van der Waals surface area contributed by atoms with E-state index in [2.05, 4.69) is 10.3 Å². The summed E-state index contributed by atoms with van der Waals surface area (Å²) in [5, 5.41) is 2.40. The molecular weight excluding hydrogens is 588 g/mol. The number of hydrogen-bond acceptors (Lipinski definition) is 12. The lowest BCUT2D eigenvalue weighted by Crippen LogP contribution is -2.47. The average molecular weight is 621 g/mol. The molecule has 0 bridgehead atoms. The Hall–Kier alpha value is -4.39. The van der Waals surface area contributed by atoms with Crippen molar-refractivity contribution in [3.05, 3.63) is 53.9 Å². The summed E-state index contributed by atoms with van der Waals surface area (Å²) in [6, 6.07) is 8.84. The van der Waals surface area contributed by atoms with Gasteiger partial charge in [-0.1, -0.05) is 44.2 Å². The van der Waals surface area contributed by atoms with E-state index in [-0.39, 0.29) is 30.4 Å². The average Bonchev–Trinajstić information content (AvgIpc) is 3.02. The van der Waals surface area contributed by atoms with Gasteiger partial charge in [0, 0.05) is 12.3 Å². The number of benzene rings is 1. The van der Waals surface area contributed by atoms with Gasteiger partial charge in [-0.3, -0.25) is 14.4 Å². The number of hydrogen-bond donors (Lipinski definition) is 1. The molecule has 1 N–H and O–H groups in total. The Morgan fingerprint density at radius 3 is 2.49 bits per heavy atom. The predicted molar refractivity (Wildman–Crippen MR) is 150 cm³/mol.